The molecule has 0 N–H and O–H groups in total. The van der Waals surface area contributed by atoms with Crippen LogP contribution in [0, 0.1) is 0 Å². The molecule has 1 heteroatoms. The van der Waals surface area contributed by atoms with Crippen molar-refractivity contribution in [2.75, 3.05) is 0 Å². The van der Waals surface area contributed by atoms with Crippen molar-refractivity contribution in [2.45, 2.75) is 105 Å². The first kappa shape index (κ1) is 22.7. The maximum atomic E-state index is 2.26. The van der Waals surface area contributed by atoms with E-state index in [1.165, 1.54) is 77.0 Å². The standard InChI is InChI=1S/2C8H18.Al/c2*1-3-5-7-8-6-4-2;/h2*3-8H2,1-2H3;. The highest BCUT2D eigenvalue weighted by atomic mass is 27.0. The highest BCUT2D eigenvalue weighted by Crippen LogP contribution is 2.03. The molecule has 0 bridgehead atoms. The van der Waals surface area contributed by atoms with Crippen molar-refractivity contribution in [1.29, 1.82) is 0 Å². The van der Waals surface area contributed by atoms with Crippen molar-refractivity contribution < 1.29 is 0 Å². The number of hydrogen-bond acceptors (Lipinski definition) is 0. The first-order chi connectivity index (χ1) is 7.83. The van der Waals surface area contributed by atoms with Crippen LogP contribution in [0.5, 0.6) is 0 Å². The van der Waals surface area contributed by atoms with Crippen molar-refractivity contribution in [2.24, 2.45) is 0 Å². The SMILES string of the molecule is CCCCCCCC.CCCCCCCC.[Al]. The average molecular weight is 255 g/mol. The van der Waals surface area contributed by atoms with Crippen molar-refractivity contribution >= 4 is 17.4 Å². The summed E-state index contributed by atoms with van der Waals surface area (Å²) in [7, 11) is 0. The summed E-state index contributed by atoms with van der Waals surface area (Å²) in [6.07, 6.45) is 17.0. The first-order valence-electron chi connectivity index (χ1n) is 7.83. The Bertz CT molecular complexity index is 67.5. The molecule has 0 aromatic rings. The van der Waals surface area contributed by atoms with Gasteiger partial charge >= 0.3 is 0 Å². The van der Waals surface area contributed by atoms with Crippen molar-refractivity contribution in [3.63, 3.8) is 0 Å². The molecule has 0 atom stereocenters. The summed E-state index contributed by atoms with van der Waals surface area (Å²) in [4.78, 5) is 0. The number of rotatable bonds is 10. The smallest absolute Gasteiger partial charge is 0 e. The molecule has 0 aliphatic heterocycles. The van der Waals surface area contributed by atoms with Crippen LogP contribution >= 0.6 is 0 Å². The molecule has 0 fully saturated rings. The second kappa shape index (κ2) is 25.4. The zero-order chi connectivity index (χ0) is 12.5. The van der Waals surface area contributed by atoms with Crippen LogP contribution in [0.25, 0.3) is 0 Å². The lowest BCUT2D eigenvalue weighted by molar-refractivity contribution is 0.624. The van der Waals surface area contributed by atoms with Gasteiger partial charge in [-0.1, -0.05) is 105 Å². The van der Waals surface area contributed by atoms with Gasteiger partial charge in [0.15, 0.2) is 0 Å². The van der Waals surface area contributed by atoms with Crippen molar-refractivity contribution in [1.82, 2.24) is 0 Å². The largest absolute Gasteiger partial charge is 0.0654 e. The van der Waals surface area contributed by atoms with Gasteiger partial charge in [-0.15, -0.1) is 0 Å². The molecule has 0 saturated heterocycles. The van der Waals surface area contributed by atoms with Gasteiger partial charge in [-0.3, -0.25) is 0 Å². The van der Waals surface area contributed by atoms with E-state index in [9.17, 15) is 0 Å². The van der Waals surface area contributed by atoms with Gasteiger partial charge in [-0.25, -0.2) is 0 Å². The quantitative estimate of drug-likeness (QED) is 0.315. The van der Waals surface area contributed by atoms with E-state index >= 15 is 0 Å². The van der Waals surface area contributed by atoms with Crippen LogP contribution in [0.4, 0.5) is 0 Å². The Labute approximate surface area is 122 Å². The predicted molar refractivity (Wildman–Crippen MR) is 83.9 cm³/mol. The van der Waals surface area contributed by atoms with Crippen LogP contribution in [-0.2, 0) is 0 Å². The zero-order valence-electron chi connectivity index (χ0n) is 13.1. The minimum atomic E-state index is 0. The molecule has 0 aliphatic rings. The zero-order valence-corrected chi connectivity index (χ0v) is 14.2. The van der Waals surface area contributed by atoms with E-state index in [1.807, 2.05) is 0 Å². The molecule has 0 unspecified atom stereocenters. The molecule has 0 saturated carbocycles. The van der Waals surface area contributed by atoms with E-state index < -0.39 is 0 Å². The van der Waals surface area contributed by atoms with Crippen molar-refractivity contribution in [3.05, 3.63) is 0 Å². The van der Waals surface area contributed by atoms with Crippen LogP contribution in [0.1, 0.15) is 105 Å². The molecule has 0 heterocycles. The Balaban J connectivity index is -0.000000218. The van der Waals surface area contributed by atoms with E-state index in [0.29, 0.717) is 0 Å². The summed E-state index contributed by atoms with van der Waals surface area (Å²) in [6.45, 7) is 9.02. The average Bonchev–Trinajstić information content (AvgIpc) is 2.31. The summed E-state index contributed by atoms with van der Waals surface area (Å²) in [5.41, 5.74) is 0. The summed E-state index contributed by atoms with van der Waals surface area (Å²) in [6, 6.07) is 0. The van der Waals surface area contributed by atoms with Crippen LogP contribution in [0.3, 0.4) is 0 Å². The summed E-state index contributed by atoms with van der Waals surface area (Å²) in [5.74, 6) is 0. The Morgan fingerprint density at radius 3 is 0.647 bits per heavy atom. The third-order valence-corrected chi connectivity index (χ3v) is 2.91. The molecule has 0 rings (SSSR count). The molecule has 0 aromatic heterocycles. The Morgan fingerprint density at radius 2 is 0.529 bits per heavy atom. The van der Waals surface area contributed by atoms with Crippen molar-refractivity contribution in [3.8, 4) is 0 Å². The fourth-order valence-corrected chi connectivity index (χ4v) is 1.71. The predicted octanol–water partition coefficient (Wildman–Crippen LogP) is 6.35. The Morgan fingerprint density at radius 1 is 0.353 bits per heavy atom. The maximum absolute atomic E-state index is 2.26. The third kappa shape index (κ3) is 31.5. The fourth-order valence-electron chi connectivity index (χ4n) is 1.71. The monoisotopic (exact) mass is 255 g/mol. The van der Waals surface area contributed by atoms with Gasteiger partial charge in [0, 0.05) is 17.4 Å². The molecule has 0 nitrogen and oxygen atoms in total. The fraction of sp³-hybridized carbons (Fsp3) is 1.00. The molecule has 0 aliphatic carbocycles. The van der Waals surface area contributed by atoms with Gasteiger partial charge < -0.3 is 0 Å². The normalized spacial score (nSPS) is 9.18. The van der Waals surface area contributed by atoms with E-state index in [0.717, 1.165) is 0 Å². The van der Waals surface area contributed by atoms with Gasteiger partial charge in [-0.05, 0) is 0 Å². The van der Waals surface area contributed by atoms with Gasteiger partial charge in [0.05, 0.1) is 0 Å². The highest BCUT2D eigenvalue weighted by molar-refractivity contribution is 5.75. The van der Waals surface area contributed by atoms with Gasteiger partial charge in [0.2, 0.25) is 0 Å². The van der Waals surface area contributed by atoms with E-state index in [4.69, 9.17) is 0 Å². The van der Waals surface area contributed by atoms with Crippen LogP contribution in [0.15, 0.2) is 0 Å². The van der Waals surface area contributed by atoms with Crippen LogP contribution < -0.4 is 0 Å². The van der Waals surface area contributed by atoms with Gasteiger partial charge in [-0.2, -0.15) is 0 Å². The summed E-state index contributed by atoms with van der Waals surface area (Å²) >= 11 is 0. The van der Waals surface area contributed by atoms with E-state index in [1.54, 1.807) is 0 Å². The third-order valence-electron chi connectivity index (χ3n) is 2.91. The molecular weight excluding hydrogens is 219 g/mol. The van der Waals surface area contributed by atoms with Crippen LogP contribution in [0.2, 0.25) is 0 Å². The Kier molecular flexibility index (Phi) is 33.9. The van der Waals surface area contributed by atoms with Gasteiger partial charge in [0.1, 0.15) is 0 Å². The summed E-state index contributed by atoms with van der Waals surface area (Å²) in [5, 5.41) is 0. The first-order valence-corrected chi connectivity index (χ1v) is 7.83. The molecule has 3 radical (unpaired) electrons. The van der Waals surface area contributed by atoms with E-state index in [-0.39, 0.29) is 17.4 Å². The lowest BCUT2D eigenvalue weighted by Gasteiger charge is -1.93. The van der Waals surface area contributed by atoms with Gasteiger partial charge in [0.25, 0.3) is 0 Å². The highest BCUT2D eigenvalue weighted by Gasteiger charge is 1.84. The molecule has 17 heavy (non-hydrogen) atoms. The second-order valence-corrected chi connectivity index (χ2v) is 4.83. The molecule has 0 spiro atoms. The molecule has 0 aromatic carbocycles. The topological polar surface area (TPSA) is 0 Å². The molecule has 0 amide bonds. The number of unbranched alkanes of at least 4 members (excludes halogenated alkanes) is 10. The second-order valence-electron chi connectivity index (χ2n) is 4.83. The number of hydrogen-bond donors (Lipinski definition) is 0. The molecule has 103 valence electrons. The lowest BCUT2D eigenvalue weighted by Crippen LogP contribution is -1.73. The Hall–Kier alpha value is 0.532. The minimum absolute atomic E-state index is 0. The van der Waals surface area contributed by atoms with E-state index in [2.05, 4.69) is 27.7 Å². The minimum Gasteiger partial charge on any atom is -0.0654 e. The maximum Gasteiger partial charge on any atom is 0 e. The lowest BCUT2D eigenvalue weighted by atomic mass is 10.1. The molecular formula is C16H36Al. The summed E-state index contributed by atoms with van der Waals surface area (Å²) < 4.78 is 0. The van der Waals surface area contributed by atoms with Crippen LogP contribution in [-0.4, -0.2) is 17.4 Å².